The molecule has 0 aliphatic carbocycles. The highest BCUT2D eigenvalue weighted by Gasteiger charge is 2.30. The van der Waals surface area contributed by atoms with Crippen LogP contribution in [0.3, 0.4) is 0 Å². The van der Waals surface area contributed by atoms with Crippen molar-refractivity contribution in [2.24, 2.45) is 5.73 Å². The van der Waals surface area contributed by atoms with Crippen LogP contribution in [-0.2, 0) is 17.4 Å². The number of likely N-dealkylation sites (tertiary alicyclic amines) is 1. The Morgan fingerprint density at radius 3 is 2.43 bits per heavy atom. The molecule has 0 saturated carbocycles. The van der Waals surface area contributed by atoms with Gasteiger partial charge in [0.1, 0.15) is 0 Å². The van der Waals surface area contributed by atoms with Crippen molar-refractivity contribution in [1.29, 1.82) is 0 Å². The van der Waals surface area contributed by atoms with Gasteiger partial charge in [0.05, 0.1) is 12.0 Å². The van der Waals surface area contributed by atoms with E-state index >= 15 is 0 Å². The molecule has 1 fully saturated rings. The minimum atomic E-state index is -4.35. The highest BCUT2D eigenvalue weighted by Crippen LogP contribution is 2.29. The second-order valence-corrected chi connectivity index (χ2v) is 5.69. The average molecular weight is 351 g/mol. The Balaban J connectivity index is 0.00000264. The van der Waals surface area contributed by atoms with Gasteiger partial charge in [-0.25, -0.2) is 0 Å². The van der Waals surface area contributed by atoms with Gasteiger partial charge in [-0.3, -0.25) is 4.79 Å². The molecule has 7 heteroatoms. The van der Waals surface area contributed by atoms with Crippen LogP contribution in [0.15, 0.2) is 24.3 Å². The van der Waals surface area contributed by atoms with Gasteiger partial charge in [0.2, 0.25) is 5.91 Å². The van der Waals surface area contributed by atoms with Crippen molar-refractivity contribution in [2.75, 3.05) is 13.1 Å². The van der Waals surface area contributed by atoms with Crippen molar-refractivity contribution in [3.8, 4) is 0 Å². The Kier molecular flexibility index (Phi) is 7.35. The molecule has 2 rings (SSSR count). The fourth-order valence-corrected chi connectivity index (χ4v) is 2.91. The second-order valence-electron chi connectivity index (χ2n) is 5.69. The minimum absolute atomic E-state index is 0. The molecule has 0 spiro atoms. The lowest BCUT2D eigenvalue weighted by Gasteiger charge is -2.35. The van der Waals surface area contributed by atoms with E-state index in [0.29, 0.717) is 18.7 Å². The number of rotatable bonds is 4. The number of alkyl halides is 3. The fraction of sp³-hybridized carbons (Fsp3) is 0.562. The van der Waals surface area contributed by atoms with Crippen molar-refractivity contribution in [1.82, 2.24) is 4.90 Å². The number of carbonyl (C=O) groups is 1. The molecule has 0 aromatic heterocycles. The van der Waals surface area contributed by atoms with Crippen LogP contribution < -0.4 is 5.73 Å². The number of hydrogen-bond donors (Lipinski definition) is 1. The summed E-state index contributed by atoms with van der Waals surface area (Å²) in [4.78, 5) is 14.2. The van der Waals surface area contributed by atoms with E-state index in [1.54, 1.807) is 0 Å². The number of carbonyl (C=O) groups excluding carboxylic acids is 1. The third-order valence-corrected chi connectivity index (χ3v) is 4.08. The molecule has 1 aromatic rings. The summed E-state index contributed by atoms with van der Waals surface area (Å²) in [6.45, 7) is 1.25. The van der Waals surface area contributed by atoms with Crippen molar-refractivity contribution in [2.45, 2.75) is 44.3 Å². The molecule has 1 aromatic carbocycles. The van der Waals surface area contributed by atoms with Crippen LogP contribution in [0.5, 0.6) is 0 Å². The molecule has 0 radical (unpaired) electrons. The molecule has 1 aliphatic heterocycles. The third kappa shape index (κ3) is 5.39. The van der Waals surface area contributed by atoms with E-state index < -0.39 is 11.7 Å². The van der Waals surface area contributed by atoms with Crippen LogP contribution in [0.25, 0.3) is 0 Å². The summed E-state index contributed by atoms with van der Waals surface area (Å²) in [5, 5.41) is 0. The maximum Gasteiger partial charge on any atom is 0.416 e. The maximum atomic E-state index is 12.5. The number of nitrogens with two attached hydrogens (primary N) is 1. The summed E-state index contributed by atoms with van der Waals surface area (Å²) in [5.74, 6) is -0.0297. The molecular weight excluding hydrogens is 329 g/mol. The first kappa shape index (κ1) is 19.8. The summed E-state index contributed by atoms with van der Waals surface area (Å²) >= 11 is 0. The molecule has 1 amide bonds. The highest BCUT2D eigenvalue weighted by atomic mass is 35.5. The van der Waals surface area contributed by atoms with Gasteiger partial charge in [-0.1, -0.05) is 12.1 Å². The lowest BCUT2D eigenvalue weighted by Crippen LogP contribution is -2.45. The molecule has 1 heterocycles. The van der Waals surface area contributed by atoms with Gasteiger partial charge in [-0.2, -0.15) is 13.2 Å². The van der Waals surface area contributed by atoms with Gasteiger partial charge in [0, 0.05) is 12.6 Å². The zero-order valence-corrected chi connectivity index (χ0v) is 13.6. The van der Waals surface area contributed by atoms with E-state index in [-0.39, 0.29) is 30.8 Å². The number of nitrogens with zero attached hydrogens (tertiary/aromatic N) is 1. The van der Waals surface area contributed by atoms with E-state index in [0.717, 1.165) is 37.8 Å². The van der Waals surface area contributed by atoms with Crippen LogP contribution in [0.4, 0.5) is 13.2 Å². The van der Waals surface area contributed by atoms with Crippen LogP contribution in [-0.4, -0.2) is 29.9 Å². The minimum Gasteiger partial charge on any atom is -0.339 e. The largest absolute Gasteiger partial charge is 0.416 e. The van der Waals surface area contributed by atoms with Gasteiger partial charge in [-0.05, 0) is 49.9 Å². The molecule has 1 aliphatic rings. The Bertz CT molecular complexity index is 503. The van der Waals surface area contributed by atoms with Crippen molar-refractivity contribution in [3.63, 3.8) is 0 Å². The number of halogens is 4. The number of hydrogen-bond acceptors (Lipinski definition) is 2. The smallest absolute Gasteiger partial charge is 0.339 e. The zero-order valence-electron chi connectivity index (χ0n) is 12.8. The molecule has 1 unspecified atom stereocenters. The third-order valence-electron chi connectivity index (χ3n) is 4.08. The highest BCUT2D eigenvalue weighted by molar-refractivity contribution is 5.85. The standard InChI is InChI=1S/C16H21F3N2O.ClH/c17-16(18,19)13-6-4-12(5-7-13)11-15(22)21-10-2-1-3-14(21)8-9-20;/h4-7,14H,1-3,8-11,20H2;1H. The molecular formula is C16H22ClF3N2O. The predicted octanol–water partition coefficient (Wildman–Crippen LogP) is 3.40. The van der Waals surface area contributed by atoms with Gasteiger partial charge >= 0.3 is 6.18 Å². The van der Waals surface area contributed by atoms with E-state index in [1.165, 1.54) is 12.1 Å². The quantitative estimate of drug-likeness (QED) is 0.904. The van der Waals surface area contributed by atoms with Crippen molar-refractivity contribution in [3.05, 3.63) is 35.4 Å². The lowest BCUT2D eigenvalue weighted by atomic mass is 9.98. The van der Waals surface area contributed by atoms with Crippen LogP contribution in [0.1, 0.15) is 36.8 Å². The molecule has 130 valence electrons. The van der Waals surface area contributed by atoms with Crippen molar-refractivity contribution >= 4 is 18.3 Å². The molecule has 1 saturated heterocycles. The van der Waals surface area contributed by atoms with E-state index in [9.17, 15) is 18.0 Å². The average Bonchev–Trinajstić information content (AvgIpc) is 2.47. The van der Waals surface area contributed by atoms with Crippen LogP contribution >= 0.6 is 12.4 Å². The molecule has 0 bridgehead atoms. The number of amides is 1. The maximum absolute atomic E-state index is 12.5. The first-order valence-electron chi connectivity index (χ1n) is 7.57. The predicted molar refractivity (Wildman–Crippen MR) is 85.4 cm³/mol. The summed E-state index contributed by atoms with van der Waals surface area (Å²) in [7, 11) is 0. The van der Waals surface area contributed by atoms with E-state index in [1.807, 2.05) is 4.90 Å². The first-order chi connectivity index (χ1) is 10.4. The second kappa shape index (κ2) is 8.55. The Hall–Kier alpha value is -1.27. The summed E-state index contributed by atoms with van der Waals surface area (Å²) in [5.41, 5.74) is 5.50. The summed E-state index contributed by atoms with van der Waals surface area (Å²) in [6.07, 6.45) is -0.413. The molecule has 2 N–H and O–H groups in total. The summed E-state index contributed by atoms with van der Waals surface area (Å²) < 4.78 is 37.6. The number of piperidine rings is 1. The first-order valence-corrected chi connectivity index (χ1v) is 7.57. The Labute approximate surface area is 140 Å². The van der Waals surface area contributed by atoms with Gasteiger partial charge in [0.15, 0.2) is 0 Å². The van der Waals surface area contributed by atoms with Gasteiger partial charge in [-0.15, -0.1) is 12.4 Å². The van der Waals surface area contributed by atoms with Gasteiger partial charge < -0.3 is 10.6 Å². The Morgan fingerprint density at radius 1 is 1.22 bits per heavy atom. The number of benzene rings is 1. The lowest BCUT2D eigenvalue weighted by molar-refractivity contribution is -0.137. The van der Waals surface area contributed by atoms with Crippen molar-refractivity contribution < 1.29 is 18.0 Å². The van der Waals surface area contributed by atoms with E-state index in [2.05, 4.69) is 0 Å². The molecule has 3 nitrogen and oxygen atoms in total. The Morgan fingerprint density at radius 2 is 1.87 bits per heavy atom. The topological polar surface area (TPSA) is 46.3 Å². The summed E-state index contributed by atoms with van der Waals surface area (Å²) in [6, 6.07) is 4.97. The van der Waals surface area contributed by atoms with Gasteiger partial charge in [0.25, 0.3) is 0 Å². The van der Waals surface area contributed by atoms with E-state index in [4.69, 9.17) is 5.73 Å². The SMILES string of the molecule is Cl.NCCC1CCCCN1C(=O)Cc1ccc(C(F)(F)F)cc1. The van der Waals surface area contributed by atoms with Crippen LogP contribution in [0, 0.1) is 0 Å². The monoisotopic (exact) mass is 350 g/mol. The zero-order chi connectivity index (χ0) is 16.2. The molecule has 1 atom stereocenters. The van der Waals surface area contributed by atoms with Crippen LogP contribution in [0.2, 0.25) is 0 Å². The fourth-order valence-electron chi connectivity index (χ4n) is 2.91. The molecule has 23 heavy (non-hydrogen) atoms. The normalized spacial score (nSPS) is 18.4.